The second kappa shape index (κ2) is 8.26. The Kier molecular flexibility index (Phi) is 5.80. The molecule has 0 spiro atoms. The van der Waals surface area contributed by atoms with Crippen LogP contribution in [0, 0.1) is 0 Å². The number of carbonyl (C=O) groups excluding carboxylic acids is 1. The number of methoxy groups -OCH3 is 1. The Morgan fingerprint density at radius 3 is 2.63 bits per heavy atom. The molecular weight excluding hydrogens is 364 g/mol. The van der Waals surface area contributed by atoms with Crippen molar-refractivity contribution in [2.75, 3.05) is 18.2 Å². The van der Waals surface area contributed by atoms with Crippen molar-refractivity contribution >= 4 is 23.5 Å². The normalized spacial score (nSPS) is 11.0. The van der Waals surface area contributed by atoms with E-state index >= 15 is 0 Å². The topological polar surface area (TPSA) is 86.9 Å². The fourth-order valence-electron chi connectivity index (χ4n) is 2.57. The predicted octanol–water partition coefficient (Wildman–Crippen LogP) is 3.00. The SMILES string of the molecule is COc1ccc(-c2nnc(SCC(=O)Nc3ccnn3C(C)C)n2C)cc1. The van der Waals surface area contributed by atoms with Crippen molar-refractivity contribution in [2.45, 2.75) is 25.0 Å². The first-order valence-corrected chi connectivity index (χ1v) is 9.48. The molecule has 0 atom stereocenters. The van der Waals surface area contributed by atoms with Crippen LogP contribution in [0.15, 0.2) is 41.7 Å². The van der Waals surface area contributed by atoms with Gasteiger partial charge in [-0.05, 0) is 38.1 Å². The van der Waals surface area contributed by atoms with Gasteiger partial charge >= 0.3 is 0 Å². The van der Waals surface area contributed by atoms with Crippen molar-refractivity contribution in [2.24, 2.45) is 7.05 Å². The third-order valence-corrected chi connectivity index (χ3v) is 4.96. The highest BCUT2D eigenvalue weighted by molar-refractivity contribution is 7.99. The molecule has 3 aromatic rings. The van der Waals surface area contributed by atoms with Crippen LogP contribution in [0.2, 0.25) is 0 Å². The quantitative estimate of drug-likeness (QED) is 0.628. The minimum absolute atomic E-state index is 0.114. The van der Waals surface area contributed by atoms with E-state index in [2.05, 4.69) is 20.6 Å². The van der Waals surface area contributed by atoms with E-state index < -0.39 is 0 Å². The van der Waals surface area contributed by atoms with E-state index in [4.69, 9.17) is 4.74 Å². The average molecular weight is 386 g/mol. The molecule has 9 heteroatoms. The number of hydrogen-bond donors (Lipinski definition) is 1. The number of nitrogens with one attached hydrogen (secondary N) is 1. The van der Waals surface area contributed by atoms with Gasteiger partial charge in [-0.3, -0.25) is 4.79 Å². The van der Waals surface area contributed by atoms with Crippen molar-refractivity contribution in [1.29, 1.82) is 0 Å². The number of carbonyl (C=O) groups is 1. The highest BCUT2D eigenvalue weighted by atomic mass is 32.2. The summed E-state index contributed by atoms with van der Waals surface area (Å²) in [6, 6.07) is 9.57. The van der Waals surface area contributed by atoms with Gasteiger partial charge in [0.05, 0.1) is 19.1 Å². The van der Waals surface area contributed by atoms with Gasteiger partial charge in [0.15, 0.2) is 11.0 Å². The number of hydrogen-bond acceptors (Lipinski definition) is 6. The van der Waals surface area contributed by atoms with Gasteiger partial charge in [0, 0.05) is 24.7 Å². The van der Waals surface area contributed by atoms with Crippen LogP contribution < -0.4 is 10.1 Å². The lowest BCUT2D eigenvalue weighted by Crippen LogP contribution is -2.18. The maximum absolute atomic E-state index is 12.3. The van der Waals surface area contributed by atoms with E-state index in [1.807, 2.05) is 49.7 Å². The molecule has 1 aromatic carbocycles. The predicted molar refractivity (Wildman–Crippen MR) is 105 cm³/mol. The lowest BCUT2D eigenvalue weighted by atomic mass is 10.2. The summed E-state index contributed by atoms with van der Waals surface area (Å²) < 4.78 is 8.82. The number of aromatic nitrogens is 5. The van der Waals surface area contributed by atoms with E-state index in [9.17, 15) is 4.79 Å². The Morgan fingerprint density at radius 1 is 1.22 bits per heavy atom. The molecule has 1 N–H and O–H groups in total. The van der Waals surface area contributed by atoms with E-state index in [0.29, 0.717) is 11.0 Å². The van der Waals surface area contributed by atoms with Crippen LogP contribution >= 0.6 is 11.8 Å². The van der Waals surface area contributed by atoms with Gasteiger partial charge in [0.2, 0.25) is 5.91 Å². The maximum atomic E-state index is 12.3. The van der Waals surface area contributed by atoms with Gasteiger partial charge in [0.25, 0.3) is 0 Å². The first-order valence-electron chi connectivity index (χ1n) is 8.49. The summed E-state index contributed by atoms with van der Waals surface area (Å²) in [7, 11) is 3.51. The average Bonchev–Trinajstić information content (AvgIpc) is 3.27. The second-order valence-corrected chi connectivity index (χ2v) is 7.13. The number of ether oxygens (including phenoxy) is 1. The van der Waals surface area contributed by atoms with Gasteiger partial charge < -0.3 is 14.6 Å². The Labute approximate surface area is 161 Å². The molecule has 0 radical (unpaired) electrons. The lowest BCUT2D eigenvalue weighted by molar-refractivity contribution is -0.113. The zero-order valence-corrected chi connectivity index (χ0v) is 16.5. The molecule has 8 nitrogen and oxygen atoms in total. The van der Waals surface area contributed by atoms with Crippen molar-refractivity contribution in [1.82, 2.24) is 24.5 Å². The largest absolute Gasteiger partial charge is 0.497 e. The molecule has 0 saturated heterocycles. The number of amides is 1. The molecule has 0 unspecified atom stereocenters. The van der Waals surface area contributed by atoms with E-state index in [1.165, 1.54) is 11.8 Å². The molecule has 142 valence electrons. The summed E-state index contributed by atoms with van der Waals surface area (Å²) in [5.41, 5.74) is 0.933. The smallest absolute Gasteiger partial charge is 0.235 e. The van der Waals surface area contributed by atoms with Crippen LogP contribution in [-0.2, 0) is 11.8 Å². The molecule has 1 amide bonds. The van der Waals surface area contributed by atoms with Crippen LogP contribution in [0.3, 0.4) is 0 Å². The van der Waals surface area contributed by atoms with Gasteiger partial charge in [0.1, 0.15) is 11.6 Å². The standard InChI is InChI=1S/C18H22N6O2S/c1-12(2)24-15(9-10-19-24)20-16(25)11-27-18-22-21-17(23(18)3)13-5-7-14(26-4)8-6-13/h5-10,12H,11H2,1-4H3,(H,20,25). The van der Waals surface area contributed by atoms with Crippen LogP contribution in [0.5, 0.6) is 5.75 Å². The molecule has 0 aliphatic heterocycles. The number of nitrogens with zero attached hydrogens (tertiary/aromatic N) is 5. The molecule has 0 aliphatic carbocycles. The van der Waals surface area contributed by atoms with Crippen LogP contribution in [0.1, 0.15) is 19.9 Å². The van der Waals surface area contributed by atoms with E-state index in [0.717, 1.165) is 17.1 Å². The zero-order chi connectivity index (χ0) is 19.4. The Hall–Kier alpha value is -2.81. The Bertz CT molecular complexity index is 916. The summed E-state index contributed by atoms with van der Waals surface area (Å²) in [4.78, 5) is 12.3. The van der Waals surface area contributed by atoms with Gasteiger partial charge in [-0.15, -0.1) is 10.2 Å². The number of benzene rings is 1. The molecule has 0 fully saturated rings. The van der Waals surface area contributed by atoms with Gasteiger partial charge in [-0.25, -0.2) is 4.68 Å². The van der Waals surface area contributed by atoms with Crippen molar-refractivity contribution in [3.8, 4) is 17.1 Å². The Balaban J connectivity index is 1.63. The molecule has 2 aromatic heterocycles. The van der Waals surface area contributed by atoms with Gasteiger partial charge in [-0.1, -0.05) is 11.8 Å². The molecule has 0 bridgehead atoms. The fourth-order valence-corrected chi connectivity index (χ4v) is 3.28. The second-order valence-electron chi connectivity index (χ2n) is 6.19. The van der Waals surface area contributed by atoms with Gasteiger partial charge in [-0.2, -0.15) is 5.10 Å². The zero-order valence-electron chi connectivity index (χ0n) is 15.7. The van der Waals surface area contributed by atoms with Crippen LogP contribution in [0.4, 0.5) is 5.82 Å². The molecule has 0 saturated carbocycles. The molecule has 27 heavy (non-hydrogen) atoms. The number of thioether (sulfide) groups is 1. The van der Waals surface area contributed by atoms with E-state index in [1.54, 1.807) is 24.1 Å². The first kappa shape index (κ1) is 19.0. The van der Waals surface area contributed by atoms with Crippen LogP contribution in [0.25, 0.3) is 11.4 Å². The Morgan fingerprint density at radius 2 is 1.96 bits per heavy atom. The van der Waals surface area contributed by atoms with Crippen molar-refractivity contribution in [3.05, 3.63) is 36.5 Å². The highest BCUT2D eigenvalue weighted by Gasteiger charge is 2.14. The van der Waals surface area contributed by atoms with Crippen molar-refractivity contribution in [3.63, 3.8) is 0 Å². The first-order chi connectivity index (χ1) is 13.0. The molecular formula is C18H22N6O2S. The minimum Gasteiger partial charge on any atom is -0.497 e. The highest BCUT2D eigenvalue weighted by Crippen LogP contribution is 2.24. The van der Waals surface area contributed by atoms with Crippen LogP contribution in [-0.4, -0.2) is 43.3 Å². The maximum Gasteiger partial charge on any atom is 0.235 e. The monoisotopic (exact) mass is 386 g/mol. The third-order valence-electron chi connectivity index (χ3n) is 3.94. The summed E-state index contributed by atoms with van der Waals surface area (Å²) in [5, 5.41) is 16.2. The number of rotatable bonds is 7. The molecule has 2 heterocycles. The summed E-state index contributed by atoms with van der Waals surface area (Å²) in [5.74, 6) is 2.33. The lowest BCUT2D eigenvalue weighted by Gasteiger charge is -2.11. The summed E-state index contributed by atoms with van der Waals surface area (Å²) in [6.07, 6.45) is 1.67. The minimum atomic E-state index is -0.114. The van der Waals surface area contributed by atoms with E-state index in [-0.39, 0.29) is 17.7 Å². The fraction of sp³-hybridized carbons (Fsp3) is 0.333. The van der Waals surface area contributed by atoms with Crippen molar-refractivity contribution < 1.29 is 9.53 Å². The summed E-state index contributed by atoms with van der Waals surface area (Å²) >= 11 is 1.34. The number of anilines is 1. The molecule has 0 aliphatic rings. The molecule has 3 rings (SSSR count). The third kappa shape index (κ3) is 4.30. The summed E-state index contributed by atoms with van der Waals surface area (Å²) in [6.45, 7) is 4.02.